The molecule has 0 amide bonds. The van der Waals surface area contributed by atoms with Gasteiger partial charge in [0.1, 0.15) is 5.76 Å². The molecule has 0 saturated carbocycles. The molecule has 5 heteroatoms. The first-order valence-corrected chi connectivity index (χ1v) is 5.87. The van der Waals surface area contributed by atoms with E-state index in [0.717, 1.165) is 11.1 Å². The third-order valence-corrected chi connectivity index (χ3v) is 3.39. The zero-order valence-corrected chi connectivity index (χ0v) is 11.1. The van der Waals surface area contributed by atoms with Crippen LogP contribution in [0.5, 0.6) is 5.75 Å². The summed E-state index contributed by atoms with van der Waals surface area (Å²) in [5.74, 6) is 1.15. The van der Waals surface area contributed by atoms with Gasteiger partial charge in [0.2, 0.25) is 0 Å². The number of fused-ring (bicyclic) bond motifs is 1. The fourth-order valence-corrected chi connectivity index (χ4v) is 2.36. The second-order valence-corrected chi connectivity index (χ2v) is 4.46. The predicted molar refractivity (Wildman–Crippen MR) is 68.6 cm³/mol. The van der Waals surface area contributed by atoms with E-state index in [-0.39, 0.29) is 12.3 Å². The van der Waals surface area contributed by atoms with Gasteiger partial charge in [-0.3, -0.25) is 4.79 Å². The van der Waals surface area contributed by atoms with Crippen molar-refractivity contribution in [2.24, 2.45) is 5.73 Å². The number of nitrogens with two attached hydrogens (primary N) is 1. The van der Waals surface area contributed by atoms with Crippen molar-refractivity contribution in [2.75, 3.05) is 13.7 Å². The van der Waals surface area contributed by atoms with Gasteiger partial charge < -0.3 is 14.9 Å². The van der Waals surface area contributed by atoms with Crippen molar-refractivity contribution in [3.63, 3.8) is 0 Å². The van der Waals surface area contributed by atoms with E-state index in [4.69, 9.17) is 14.9 Å². The lowest BCUT2D eigenvalue weighted by molar-refractivity contribution is 0.100. The number of hydrogen-bond acceptors (Lipinski definition) is 4. The standard InChI is InChI=1S/C12H12BrNO3/c1-6-3-8-11(13)7(9(15)5-14)4-10(16-2)12(8)17-6/h3-4H,5,14H2,1-2H3. The molecule has 1 aromatic carbocycles. The van der Waals surface area contributed by atoms with E-state index in [1.54, 1.807) is 6.07 Å². The number of carbonyl (C=O) groups is 1. The number of rotatable bonds is 3. The molecule has 4 nitrogen and oxygen atoms in total. The zero-order valence-electron chi connectivity index (χ0n) is 9.54. The number of methoxy groups -OCH3 is 1. The number of ether oxygens (including phenoxy) is 1. The van der Waals surface area contributed by atoms with Crippen molar-refractivity contribution in [3.8, 4) is 5.75 Å². The average Bonchev–Trinajstić information content (AvgIpc) is 2.71. The molecule has 1 aromatic heterocycles. The van der Waals surface area contributed by atoms with Crippen LogP contribution in [0.3, 0.4) is 0 Å². The Kier molecular flexibility index (Phi) is 3.22. The molecule has 0 fully saturated rings. The number of benzene rings is 1. The van der Waals surface area contributed by atoms with Crippen LogP contribution in [0.4, 0.5) is 0 Å². The van der Waals surface area contributed by atoms with Gasteiger partial charge in [-0.1, -0.05) is 0 Å². The highest BCUT2D eigenvalue weighted by molar-refractivity contribution is 9.10. The first-order valence-electron chi connectivity index (χ1n) is 5.08. The number of carbonyl (C=O) groups excluding carboxylic acids is 1. The SMILES string of the molecule is COc1cc(C(=O)CN)c(Br)c2cc(C)oc12. The Bertz CT molecular complexity index is 589. The molecule has 90 valence electrons. The van der Waals surface area contributed by atoms with Gasteiger partial charge >= 0.3 is 0 Å². The summed E-state index contributed by atoms with van der Waals surface area (Å²) in [4.78, 5) is 11.7. The van der Waals surface area contributed by atoms with Gasteiger partial charge in [0.05, 0.1) is 13.7 Å². The summed E-state index contributed by atoms with van der Waals surface area (Å²) in [6.07, 6.45) is 0. The van der Waals surface area contributed by atoms with Gasteiger partial charge in [0.15, 0.2) is 17.1 Å². The number of hydrogen-bond donors (Lipinski definition) is 1. The molecule has 0 bridgehead atoms. The maximum Gasteiger partial charge on any atom is 0.177 e. The molecule has 0 radical (unpaired) electrons. The van der Waals surface area contributed by atoms with Crippen molar-refractivity contribution >= 4 is 32.7 Å². The van der Waals surface area contributed by atoms with Crippen molar-refractivity contribution in [3.05, 3.63) is 27.9 Å². The van der Waals surface area contributed by atoms with Crippen LogP contribution in [0, 0.1) is 6.92 Å². The summed E-state index contributed by atoms with van der Waals surface area (Å²) in [6.45, 7) is 1.81. The van der Waals surface area contributed by atoms with Crippen molar-refractivity contribution < 1.29 is 13.9 Å². The molecule has 0 aliphatic carbocycles. The fraction of sp³-hybridized carbons (Fsp3) is 0.250. The van der Waals surface area contributed by atoms with Crippen molar-refractivity contribution in [2.45, 2.75) is 6.92 Å². The second kappa shape index (κ2) is 4.50. The highest BCUT2D eigenvalue weighted by atomic mass is 79.9. The van der Waals surface area contributed by atoms with E-state index in [1.165, 1.54) is 7.11 Å². The molecule has 0 aliphatic heterocycles. The van der Waals surface area contributed by atoms with E-state index in [1.807, 2.05) is 13.0 Å². The fourth-order valence-electron chi connectivity index (χ4n) is 1.73. The number of halogens is 1. The highest BCUT2D eigenvalue weighted by Gasteiger charge is 2.18. The number of furan rings is 1. The molecule has 2 N–H and O–H groups in total. The Morgan fingerprint density at radius 2 is 2.24 bits per heavy atom. The largest absolute Gasteiger partial charge is 0.493 e. The summed E-state index contributed by atoms with van der Waals surface area (Å²) in [6, 6.07) is 3.50. The van der Waals surface area contributed by atoms with Crippen molar-refractivity contribution in [1.82, 2.24) is 0 Å². The van der Waals surface area contributed by atoms with Gasteiger partial charge in [-0.15, -0.1) is 0 Å². The van der Waals surface area contributed by atoms with Gasteiger partial charge in [0.25, 0.3) is 0 Å². The molecule has 0 aliphatic rings. The van der Waals surface area contributed by atoms with Gasteiger partial charge in [-0.25, -0.2) is 0 Å². The minimum Gasteiger partial charge on any atom is -0.493 e. The third-order valence-electron chi connectivity index (χ3n) is 2.53. The van der Waals surface area contributed by atoms with Crippen LogP contribution in [0.1, 0.15) is 16.1 Å². The van der Waals surface area contributed by atoms with Crippen LogP contribution in [-0.2, 0) is 0 Å². The van der Waals surface area contributed by atoms with Gasteiger partial charge in [-0.2, -0.15) is 0 Å². The van der Waals surface area contributed by atoms with E-state index in [9.17, 15) is 4.79 Å². The Morgan fingerprint density at radius 1 is 1.53 bits per heavy atom. The number of Topliss-reactive ketones (excluding diaryl/α,β-unsaturated/α-hetero) is 1. The molecule has 17 heavy (non-hydrogen) atoms. The summed E-state index contributed by atoms with van der Waals surface area (Å²) in [5.41, 5.74) is 6.52. The summed E-state index contributed by atoms with van der Waals surface area (Å²) < 4.78 is 11.5. The normalized spacial score (nSPS) is 10.8. The van der Waals surface area contributed by atoms with Crippen LogP contribution in [-0.4, -0.2) is 19.4 Å². The third kappa shape index (κ3) is 1.96. The molecule has 1 heterocycles. The van der Waals surface area contributed by atoms with Gasteiger partial charge in [-0.05, 0) is 35.0 Å². The molecular weight excluding hydrogens is 286 g/mol. The van der Waals surface area contributed by atoms with Crippen molar-refractivity contribution in [1.29, 1.82) is 0 Å². The molecule has 2 rings (SSSR count). The predicted octanol–water partition coefficient (Wildman–Crippen LogP) is 2.65. The number of ketones is 1. The van der Waals surface area contributed by atoms with E-state index < -0.39 is 0 Å². The summed E-state index contributed by atoms with van der Waals surface area (Å²) >= 11 is 3.41. The van der Waals surface area contributed by atoms with Crippen LogP contribution in [0.15, 0.2) is 21.0 Å². The maximum absolute atomic E-state index is 11.7. The topological polar surface area (TPSA) is 65.5 Å². The van der Waals surface area contributed by atoms with Gasteiger partial charge in [0, 0.05) is 15.4 Å². The van der Waals surface area contributed by atoms with Crippen LogP contribution < -0.4 is 10.5 Å². The highest BCUT2D eigenvalue weighted by Crippen LogP contribution is 2.37. The summed E-state index contributed by atoms with van der Waals surface area (Å²) in [5, 5.41) is 0.818. The second-order valence-electron chi connectivity index (χ2n) is 3.67. The monoisotopic (exact) mass is 297 g/mol. The maximum atomic E-state index is 11.7. The molecule has 0 unspecified atom stereocenters. The smallest absolute Gasteiger partial charge is 0.177 e. The lowest BCUT2D eigenvalue weighted by atomic mass is 10.1. The average molecular weight is 298 g/mol. The number of aryl methyl sites for hydroxylation is 1. The summed E-state index contributed by atoms with van der Waals surface area (Å²) in [7, 11) is 1.54. The van der Waals surface area contributed by atoms with E-state index in [2.05, 4.69) is 15.9 Å². The molecule has 0 spiro atoms. The van der Waals surface area contributed by atoms with Crippen LogP contribution >= 0.6 is 15.9 Å². The van der Waals surface area contributed by atoms with E-state index >= 15 is 0 Å². The first kappa shape index (κ1) is 12.1. The zero-order chi connectivity index (χ0) is 12.6. The minimum absolute atomic E-state index is 0.0376. The molecule has 0 atom stereocenters. The first-order chi connectivity index (χ1) is 8.08. The Labute approximate surface area is 107 Å². The van der Waals surface area contributed by atoms with E-state index in [0.29, 0.717) is 21.4 Å². The molecular formula is C12H12BrNO3. The molecule has 2 aromatic rings. The van der Waals surface area contributed by atoms with Crippen LogP contribution in [0.25, 0.3) is 11.0 Å². The lowest BCUT2D eigenvalue weighted by Gasteiger charge is -2.07. The Hall–Kier alpha value is -1.33. The Balaban J connectivity index is 2.79. The van der Waals surface area contributed by atoms with Crippen LogP contribution in [0.2, 0.25) is 0 Å². The molecule has 0 saturated heterocycles. The quantitative estimate of drug-likeness (QED) is 0.885. The lowest BCUT2D eigenvalue weighted by Crippen LogP contribution is -2.14. The minimum atomic E-state index is -0.143. The Morgan fingerprint density at radius 3 is 2.82 bits per heavy atom.